The van der Waals surface area contributed by atoms with Crippen molar-refractivity contribution >= 4 is 22.0 Å². The molecule has 0 spiro atoms. The van der Waals surface area contributed by atoms with Crippen LogP contribution in [-0.2, 0) is 14.8 Å². The van der Waals surface area contributed by atoms with Crippen LogP contribution < -0.4 is 5.32 Å². The maximum Gasteiger partial charge on any atom is 0.262 e. The van der Waals surface area contributed by atoms with E-state index in [2.05, 4.69) is 5.32 Å². The Kier molecular flexibility index (Phi) is 7.67. The first-order chi connectivity index (χ1) is 17.3. The lowest BCUT2D eigenvalue weighted by molar-refractivity contribution is -0.117. The number of nitriles is 1. The standard InChI is InChI=1S/C27H29N5O3S/c1-31(2)36(34,35)25-15-9-10-20(17-25)26-22(19-32(30-26)24-13-7-4-8-14-24)16-21(18-28)27(33)29-23-11-5-3-6-12-23/h4,7-10,13-17,19,23H,3,5-6,11-12H2,1-2H3,(H,29,33). The molecule has 0 aliphatic heterocycles. The molecule has 1 amide bonds. The van der Waals surface area contributed by atoms with Gasteiger partial charge in [-0.2, -0.15) is 10.4 Å². The number of amides is 1. The topological polar surface area (TPSA) is 108 Å². The van der Waals surface area contributed by atoms with Crippen LogP contribution in [0.3, 0.4) is 0 Å². The molecule has 1 saturated carbocycles. The second-order valence-corrected chi connectivity index (χ2v) is 11.2. The van der Waals surface area contributed by atoms with Crippen LogP contribution in [0.2, 0.25) is 0 Å². The molecular formula is C27H29N5O3S. The van der Waals surface area contributed by atoms with Crippen LogP contribution in [0.1, 0.15) is 37.7 Å². The zero-order valence-corrected chi connectivity index (χ0v) is 21.2. The van der Waals surface area contributed by atoms with Gasteiger partial charge in [-0.15, -0.1) is 0 Å². The highest BCUT2D eigenvalue weighted by molar-refractivity contribution is 7.89. The fraction of sp³-hybridized carbons (Fsp3) is 0.296. The van der Waals surface area contributed by atoms with Gasteiger partial charge in [-0.3, -0.25) is 4.79 Å². The lowest BCUT2D eigenvalue weighted by Crippen LogP contribution is -2.36. The number of para-hydroxylation sites is 1. The Morgan fingerprint density at radius 3 is 2.50 bits per heavy atom. The van der Waals surface area contributed by atoms with Gasteiger partial charge in [0, 0.05) is 37.5 Å². The smallest absolute Gasteiger partial charge is 0.262 e. The van der Waals surface area contributed by atoms with Gasteiger partial charge in [-0.05, 0) is 43.2 Å². The minimum absolute atomic E-state index is 0.0218. The molecular weight excluding hydrogens is 474 g/mol. The highest BCUT2D eigenvalue weighted by Crippen LogP contribution is 2.28. The Bertz CT molecular complexity index is 1410. The van der Waals surface area contributed by atoms with Crippen molar-refractivity contribution in [2.45, 2.75) is 43.0 Å². The van der Waals surface area contributed by atoms with Crippen molar-refractivity contribution in [3.8, 4) is 23.0 Å². The van der Waals surface area contributed by atoms with Crippen LogP contribution >= 0.6 is 0 Å². The van der Waals surface area contributed by atoms with E-state index >= 15 is 0 Å². The van der Waals surface area contributed by atoms with Gasteiger partial charge < -0.3 is 5.32 Å². The second kappa shape index (κ2) is 10.9. The average molecular weight is 504 g/mol. The Morgan fingerprint density at radius 1 is 1.11 bits per heavy atom. The molecule has 1 aliphatic rings. The molecule has 0 saturated heterocycles. The van der Waals surface area contributed by atoms with E-state index in [9.17, 15) is 18.5 Å². The molecule has 1 heterocycles. The summed E-state index contributed by atoms with van der Waals surface area (Å²) in [5.74, 6) is -0.410. The maximum atomic E-state index is 12.9. The quantitative estimate of drug-likeness (QED) is 0.385. The molecule has 2 aromatic carbocycles. The van der Waals surface area contributed by atoms with Crippen molar-refractivity contribution in [3.63, 3.8) is 0 Å². The number of nitrogens with one attached hydrogen (secondary N) is 1. The third kappa shape index (κ3) is 5.56. The van der Waals surface area contributed by atoms with Crippen molar-refractivity contribution in [1.29, 1.82) is 5.26 Å². The molecule has 0 unspecified atom stereocenters. The van der Waals surface area contributed by atoms with E-state index in [4.69, 9.17) is 5.10 Å². The molecule has 0 radical (unpaired) electrons. The molecule has 4 rings (SSSR count). The zero-order valence-electron chi connectivity index (χ0n) is 20.4. The third-order valence-electron chi connectivity index (χ3n) is 6.25. The minimum atomic E-state index is -3.66. The number of hydrogen-bond donors (Lipinski definition) is 1. The number of carbonyl (C=O) groups excluding carboxylic acids is 1. The second-order valence-electron chi connectivity index (χ2n) is 9.01. The minimum Gasteiger partial charge on any atom is -0.349 e. The van der Waals surface area contributed by atoms with Crippen molar-refractivity contribution in [2.24, 2.45) is 0 Å². The van der Waals surface area contributed by atoms with Crippen LogP contribution in [0.5, 0.6) is 0 Å². The monoisotopic (exact) mass is 503 g/mol. The number of benzene rings is 2. The van der Waals surface area contributed by atoms with Crippen LogP contribution in [0.25, 0.3) is 23.0 Å². The number of rotatable bonds is 7. The van der Waals surface area contributed by atoms with E-state index in [-0.39, 0.29) is 16.5 Å². The molecule has 186 valence electrons. The summed E-state index contributed by atoms with van der Waals surface area (Å²) in [7, 11) is -0.703. The first-order valence-electron chi connectivity index (χ1n) is 11.9. The van der Waals surface area contributed by atoms with Gasteiger partial charge in [-0.1, -0.05) is 49.6 Å². The van der Waals surface area contributed by atoms with E-state index in [1.165, 1.54) is 26.2 Å². The van der Waals surface area contributed by atoms with E-state index in [1.807, 2.05) is 36.4 Å². The SMILES string of the molecule is CN(C)S(=O)(=O)c1cccc(-c2nn(-c3ccccc3)cc2C=C(C#N)C(=O)NC2CCCCC2)c1. The third-order valence-corrected chi connectivity index (χ3v) is 8.07. The highest BCUT2D eigenvalue weighted by Gasteiger charge is 2.21. The van der Waals surface area contributed by atoms with E-state index in [0.29, 0.717) is 16.8 Å². The molecule has 8 nitrogen and oxygen atoms in total. The summed E-state index contributed by atoms with van der Waals surface area (Å²) < 4.78 is 28.3. The molecule has 1 N–H and O–H groups in total. The fourth-order valence-electron chi connectivity index (χ4n) is 4.26. The molecule has 3 aromatic rings. The fourth-order valence-corrected chi connectivity index (χ4v) is 5.21. The molecule has 9 heteroatoms. The molecule has 1 aliphatic carbocycles. The van der Waals surface area contributed by atoms with Crippen LogP contribution in [0.4, 0.5) is 0 Å². The van der Waals surface area contributed by atoms with Crippen molar-refractivity contribution < 1.29 is 13.2 Å². The molecule has 0 atom stereocenters. The van der Waals surface area contributed by atoms with Crippen LogP contribution in [0, 0.1) is 11.3 Å². The predicted molar refractivity (Wildman–Crippen MR) is 138 cm³/mol. The first-order valence-corrected chi connectivity index (χ1v) is 13.3. The summed E-state index contributed by atoms with van der Waals surface area (Å²) >= 11 is 0. The molecule has 0 bridgehead atoms. The number of nitrogens with zero attached hydrogens (tertiary/aromatic N) is 4. The van der Waals surface area contributed by atoms with E-state index < -0.39 is 15.9 Å². The summed E-state index contributed by atoms with van der Waals surface area (Å²) in [5.41, 5.74) is 2.33. The van der Waals surface area contributed by atoms with Gasteiger partial charge in [0.1, 0.15) is 17.3 Å². The Balaban J connectivity index is 1.78. The average Bonchev–Trinajstić information content (AvgIpc) is 3.32. The van der Waals surface area contributed by atoms with Gasteiger partial charge in [0.05, 0.1) is 10.6 Å². The van der Waals surface area contributed by atoms with Crippen molar-refractivity contribution in [1.82, 2.24) is 19.4 Å². The van der Waals surface area contributed by atoms with Gasteiger partial charge in [-0.25, -0.2) is 17.4 Å². The highest BCUT2D eigenvalue weighted by atomic mass is 32.2. The lowest BCUT2D eigenvalue weighted by atomic mass is 9.95. The molecule has 1 fully saturated rings. The summed E-state index contributed by atoms with van der Waals surface area (Å²) in [5, 5.41) is 17.5. The van der Waals surface area contributed by atoms with Gasteiger partial charge in [0.2, 0.25) is 10.0 Å². The summed E-state index contributed by atoms with van der Waals surface area (Å²) in [6, 6.07) is 18.0. The first kappa shape index (κ1) is 25.4. The van der Waals surface area contributed by atoms with E-state index in [1.54, 1.807) is 29.1 Å². The lowest BCUT2D eigenvalue weighted by Gasteiger charge is -2.22. The number of sulfonamides is 1. The van der Waals surface area contributed by atoms with Crippen molar-refractivity contribution in [3.05, 3.63) is 71.9 Å². The number of aromatic nitrogens is 2. The largest absolute Gasteiger partial charge is 0.349 e. The van der Waals surface area contributed by atoms with E-state index in [0.717, 1.165) is 42.1 Å². The predicted octanol–water partition coefficient (Wildman–Crippen LogP) is 4.15. The Hall–Kier alpha value is -3.74. The van der Waals surface area contributed by atoms with Crippen LogP contribution in [-0.4, -0.2) is 48.5 Å². The summed E-state index contributed by atoms with van der Waals surface area (Å²) in [4.78, 5) is 13.0. The van der Waals surface area contributed by atoms with Crippen molar-refractivity contribution in [2.75, 3.05) is 14.1 Å². The van der Waals surface area contributed by atoms with Gasteiger partial charge in [0.25, 0.3) is 5.91 Å². The molecule has 1 aromatic heterocycles. The number of hydrogen-bond acceptors (Lipinski definition) is 5. The Labute approximate surface area is 211 Å². The van der Waals surface area contributed by atoms with Crippen LogP contribution in [0.15, 0.2) is 71.3 Å². The molecule has 36 heavy (non-hydrogen) atoms. The van der Waals surface area contributed by atoms with Gasteiger partial charge in [0.15, 0.2) is 0 Å². The van der Waals surface area contributed by atoms with Gasteiger partial charge >= 0.3 is 0 Å². The summed E-state index contributed by atoms with van der Waals surface area (Å²) in [6.07, 6.45) is 8.38. The number of carbonyl (C=O) groups is 1. The summed E-state index contributed by atoms with van der Waals surface area (Å²) in [6.45, 7) is 0. The zero-order chi connectivity index (χ0) is 25.7. The normalized spacial score (nSPS) is 15.0. The maximum absolute atomic E-state index is 12.9. The Morgan fingerprint density at radius 2 is 1.83 bits per heavy atom.